The van der Waals surface area contributed by atoms with Crippen molar-refractivity contribution < 1.29 is 28.5 Å². The Morgan fingerprint density at radius 2 is 1.67 bits per heavy atom. The van der Waals surface area contributed by atoms with Crippen molar-refractivity contribution in [3.8, 4) is 17.2 Å². The lowest BCUT2D eigenvalue weighted by atomic mass is 10.1. The minimum absolute atomic E-state index is 0.204. The fourth-order valence-electron chi connectivity index (χ4n) is 3.58. The third-order valence-corrected chi connectivity index (χ3v) is 5.14. The zero-order chi connectivity index (χ0) is 21.8. The molecule has 0 amide bonds. The monoisotopic (exact) mass is 413 g/mol. The van der Waals surface area contributed by atoms with Crippen LogP contribution in [0.4, 0.5) is 0 Å². The minimum Gasteiger partial charge on any atom is -0.493 e. The van der Waals surface area contributed by atoms with Crippen LogP contribution >= 0.6 is 0 Å². The average molecular weight is 413 g/mol. The number of aromatic nitrogens is 1. The fourth-order valence-corrected chi connectivity index (χ4v) is 3.58. The molecular formula is C23H27NO6. The van der Waals surface area contributed by atoms with E-state index < -0.39 is 5.97 Å². The zero-order valence-corrected chi connectivity index (χ0v) is 18.0. The molecule has 7 nitrogen and oxygen atoms in total. The second kappa shape index (κ2) is 9.07. The quantitative estimate of drug-likeness (QED) is 0.353. The van der Waals surface area contributed by atoms with Crippen molar-refractivity contribution >= 4 is 17.8 Å². The molecular weight excluding hydrogens is 386 g/mol. The first-order valence-electron chi connectivity index (χ1n) is 9.76. The number of rotatable bonds is 9. The van der Waals surface area contributed by atoms with Crippen LogP contribution in [0.3, 0.4) is 0 Å². The molecule has 1 heterocycles. The van der Waals surface area contributed by atoms with E-state index in [-0.39, 0.29) is 12.4 Å². The molecule has 160 valence electrons. The minimum atomic E-state index is -0.604. The summed E-state index contributed by atoms with van der Waals surface area (Å²) < 4.78 is 23.2. The molecule has 1 saturated carbocycles. The van der Waals surface area contributed by atoms with E-state index in [1.54, 1.807) is 18.2 Å². The third kappa shape index (κ3) is 4.50. The van der Waals surface area contributed by atoms with Gasteiger partial charge in [0.15, 0.2) is 18.1 Å². The van der Waals surface area contributed by atoms with Gasteiger partial charge in [0.25, 0.3) is 0 Å². The summed E-state index contributed by atoms with van der Waals surface area (Å²) in [5.74, 6) is 0.615. The summed E-state index contributed by atoms with van der Waals surface area (Å²) >= 11 is 0. The van der Waals surface area contributed by atoms with E-state index in [1.807, 2.05) is 19.9 Å². The number of methoxy groups -OCH3 is 3. The SMILES string of the molecule is COc1cc(/C=C/C(=O)OCC(=O)c2cc(C)n(C3CC3)c2C)cc(OC)c1OC. The maximum atomic E-state index is 12.5. The number of hydrogen-bond acceptors (Lipinski definition) is 6. The summed E-state index contributed by atoms with van der Waals surface area (Å²) in [5, 5.41) is 0. The predicted octanol–water partition coefficient (Wildman–Crippen LogP) is 3.90. The maximum absolute atomic E-state index is 12.5. The molecule has 0 bridgehead atoms. The normalized spacial score (nSPS) is 13.4. The highest BCUT2D eigenvalue weighted by Gasteiger charge is 2.28. The lowest BCUT2D eigenvalue weighted by Gasteiger charge is -2.12. The Balaban J connectivity index is 1.64. The number of carbonyl (C=O) groups is 2. The van der Waals surface area contributed by atoms with Crippen molar-refractivity contribution in [3.05, 3.63) is 46.8 Å². The Labute approximate surface area is 176 Å². The van der Waals surface area contributed by atoms with Gasteiger partial charge in [0.2, 0.25) is 11.5 Å². The summed E-state index contributed by atoms with van der Waals surface area (Å²) in [7, 11) is 4.56. The second-order valence-corrected chi connectivity index (χ2v) is 7.21. The molecule has 3 rings (SSSR count). The van der Waals surface area contributed by atoms with Gasteiger partial charge in [0.05, 0.1) is 21.3 Å². The standard InChI is InChI=1S/C23H27NO6/c1-14-10-18(15(2)24(14)17-7-8-17)19(25)13-30-22(26)9-6-16-11-20(27-3)23(29-5)21(12-16)28-4/h6,9-12,17H,7-8,13H2,1-5H3/b9-6+. The van der Waals surface area contributed by atoms with Gasteiger partial charge in [-0.15, -0.1) is 0 Å². The lowest BCUT2D eigenvalue weighted by Crippen LogP contribution is -2.13. The Bertz CT molecular complexity index is 959. The Hall–Kier alpha value is -3.22. The number of carbonyl (C=O) groups excluding carboxylic acids is 2. The summed E-state index contributed by atoms with van der Waals surface area (Å²) in [6, 6.07) is 5.79. The lowest BCUT2D eigenvalue weighted by molar-refractivity contribution is -0.136. The number of esters is 1. The third-order valence-electron chi connectivity index (χ3n) is 5.14. The van der Waals surface area contributed by atoms with Gasteiger partial charge < -0.3 is 23.5 Å². The smallest absolute Gasteiger partial charge is 0.331 e. The maximum Gasteiger partial charge on any atom is 0.331 e. The predicted molar refractivity (Wildman–Crippen MR) is 113 cm³/mol. The highest BCUT2D eigenvalue weighted by atomic mass is 16.5. The van der Waals surface area contributed by atoms with E-state index in [0.717, 1.165) is 24.2 Å². The van der Waals surface area contributed by atoms with Crippen LogP contribution in [0.25, 0.3) is 6.08 Å². The molecule has 1 aliphatic rings. The number of ketones is 1. The van der Waals surface area contributed by atoms with E-state index in [4.69, 9.17) is 18.9 Å². The van der Waals surface area contributed by atoms with Crippen molar-refractivity contribution in [2.45, 2.75) is 32.7 Å². The Morgan fingerprint density at radius 3 is 2.20 bits per heavy atom. The summed E-state index contributed by atoms with van der Waals surface area (Å²) in [6.45, 7) is 3.63. The molecule has 0 spiro atoms. The molecule has 1 aliphatic carbocycles. The zero-order valence-electron chi connectivity index (χ0n) is 18.0. The topological polar surface area (TPSA) is 76.0 Å². The number of Topliss-reactive ketones (excluding diaryl/α,β-unsaturated/α-hetero) is 1. The summed E-state index contributed by atoms with van der Waals surface area (Å²) in [4.78, 5) is 24.6. The van der Waals surface area contributed by atoms with Gasteiger partial charge >= 0.3 is 5.97 Å². The molecule has 0 saturated heterocycles. The van der Waals surface area contributed by atoms with Gasteiger partial charge in [-0.1, -0.05) is 0 Å². The van der Waals surface area contributed by atoms with Crippen molar-refractivity contribution in [1.82, 2.24) is 4.57 Å². The van der Waals surface area contributed by atoms with E-state index in [1.165, 1.54) is 27.4 Å². The number of aryl methyl sites for hydroxylation is 1. The highest BCUT2D eigenvalue weighted by molar-refractivity contribution is 6.00. The summed E-state index contributed by atoms with van der Waals surface area (Å²) in [6.07, 6.45) is 5.12. The van der Waals surface area contributed by atoms with Crippen molar-refractivity contribution in [2.75, 3.05) is 27.9 Å². The summed E-state index contributed by atoms with van der Waals surface area (Å²) in [5.41, 5.74) is 3.28. The number of ether oxygens (including phenoxy) is 4. The largest absolute Gasteiger partial charge is 0.493 e. The van der Waals surface area contributed by atoms with Crippen LogP contribution in [0.15, 0.2) is 24.3 Å². The average Bonchev–Trinajstić information content (AvgIpc) is 3.53. The molecule has 30 heavy (non-hydrogen) atoms. The first-order valence-corrected chi connectivity index (χ1v) is 9.76. The van der Waals surface area contributed by atoms with Crippen LogP contribution in [0, 0.1) is 13.8 Å². The van der Waals surface area contributed by atoms with E-state index in [9.17, 15) is 9.59 Å². The molecule has 7 heteroatoms. The number of hydrogen-bond donors (Lipinski definition) is 0. The van der Waals surface area contributed by atoms with Gasteiger partial charge in [-0.25, -0.2) is 4.79 Å². The first-order chi connectivity index (χ1) is 14.4. The fraction of sp³-hybridized carbons (Fsp3) is 0.391. The van der Waals surface area contributed by atoms with Crippen LogP contribution in [0.1, 0.15) is 46.2 Å². The van der Waals surface area contributed by atoms with Crippen LogP contribution in [0.2, 0.25) is 0 Å². The molecule has 0 atom stereocenters. The molecule has 0 unspecified atom stereocenters. The van der Waals surface area contributed by atoms with Gasteiger partial charge in [-0.05, 0) is 56.5 Å². The second-order valence-electron chi connectivity index (χ2n) is 7.21. The molecule has 0 radical (unpaired) electrons. The van der Waals surface area contributed by atoms with Crippen LogP contribution in [-0.4, -0.2) is 44.3 Å². The van der Waals surface area contributed by atoms with Crippen LogP contribution in [-0.2, 0) is 9.53 Å². The number of nitrogens with zero attached hydrogens (tertiary/aromatic N) is 1. The molecule has 0 N–H and O–H groups in total. The van der Waals surface area contributed by atoms with Gasteiger partial charge in [-0.3, -0.25) is 4.79 Å². The number of benzene rings is 1. The molecule has 1 aromatic heterocycles. The van der Waals surface area contributed by atoms with Gasteiger partial charge in [0.1, 0.15) is 0 Å². The molecule has 2 aromatic rings. The van der Waals surface area contributed by atoms with Gasteiger partial charge in [-0.2, -0.15) is 0 Å². The van der Waals surface area contributed by atoms with E-state index in [0.29, 0.717) is 34.4 Å². The van der Waals surface area contributed by atoms with Crippen molar-refractivity contribution in [2.24, 2.45) is 0 Å². The molecule has 1 aromatic carbocycles. The Kier molecular flexibility index (Phi) is 6.50. The van der Waals surface area contributed by atoms with Gasteiger partial charge in [0, 0.05) is 29.1 Å². The Morgan fingerprint density at radius 1 is 1.03 bits per heavy atom. The van der Waals surface area contributed by atoms with Crippen molar-refractivity contribution in [3.63, 3.8) is 0 Å². The van der Waals surface area contributed by atoms with Crippen molar-refractivity contribution in [1.29, 1.82) is 0 Å². The van der Waals surface area contributed by atoms with Crippen LogP contribution in [0.5, 0.6) is 17.2 Å². The highest BCUT2D eigenvalue weighted by Crippen LogP contribution is 2.39. The molecule has 0 aliphatic heterocycles. The molecule has 1 fully saturated rings. The van der Waals surface area contributed by atoms with E-state index in [2.05, 4.69) is 4.57 Å². The van der Waals surface area contributed by atoms with Crippen LogP contribution < -0.4 is 14.2 Å². The first kappa shape index (κ1) is 21.5. The van der Waals surface area contributed by atoms with E-state index >= 15 is 0 Å².